The Morgan fingerprint density at radius 2 is 2.13 bits per heavy atom. The smallest absolute Gasteiger partial charge is 0.322 e. The first-order chi connectivity index (χ1) is 14.6. The number of hydrogen-bond acceptors (Lipinski definition) is 4. The van der Waals surface area contributed by atoms with Crippen molar-refractivity contribution >= 4 is 11.7 Å². The van der Waals surface area contributed by atoms with Gasteiger partial charge < -0.3 is 15.3 Å². The number of alkyl halides is 4. The fourth-order valence-electron chi connectivity index (χ4n) is 4.10. The molecule has 2 unspecified atom stereocenters. The molecular weight excluding hydrogens is 425 g/mol. The average Bonchev–Trinajstić information content (AvgIpc) is 2.99. The van der Waals surface area contributed by atoms with Crippen LogP contribution in [0.4, 0.5) is 32.4 Å². The maximum Gasteiger partial charge on any atom is 0.322 e. The minimum absolute atomic E-state index is 0.123. The molecule has 168 valence electrons. The highest BCUT2D eigenvalue weighted by molar-refractivity contribution is 5.90. The van der Waals surface area contributed by atoms with E-state index >= 15 is 0 Å². The van der Waals surface area contributed by atoms with Crippen LogP contribution >= 0.6 is 0 Å². The first-order valence-corrected chi connectivity index (χ1v) is 9.73. The predicted octanol–water partition coefficient (Wildman–Crippen LogP) is 3.58. The van der Waals surface area contributed by atoms with Crippen molar-refractivity contribution in [1.82, 2.24) is 19.7 Å². The second-order valence-corrected chi connectivity index (χ2v) is 7.82. The van der Waals surface area contributed by atoms with Crippen LogP contribution in [0.2, 0.25) is 0 Å². The van der Waals surface area contributed by atoms with E-state index in [1.54, 1.807) is 6.92 Å². The summed E-state index contributed by atoms with van der Waals surface area (Å²) < 4.78 is 70.8. The van der Waals surface area contributed by atoms with Gasteiger partial charge in [-0.1, -0.05) is 0 Å². The number of hydrogen-bond donors (Lipinski definition) is 2. The zero-order valence-corrected chi connectivity index (χ0v) is 16.5. The molecule has 2 N–H and O–H groups in total. The summed E-state index contributed by atoms with van der Waals surface area (Å²) in [5.41, 5.74) is -1.27. The summed E-state index contributed by atoms with van der Waals surface area (Å²) in [6.45, 7) is 1.60. The number of carbonyl (C=O) groups excluding carboxylic acids is 1. The lowest BCUT2D eigenvalue weighted by Crippen LogP contribution is -2.45. The van der Waals surface area contributed by atoms with Crippen molar-refractivity contribution in [2.24, 2.45) is 0 Å². The van der Waals surface area contributed by atoms with Gasteiger partial charge in [0.15, 0.2) is 5.82 Å². The fourth-order valence-corrected chi connectivity index (χ4v) is 4.10. The molecule has 0 radical (unpaired) electrons. The molecule has 4 heterocycles. The molecule has 4 rings (SSSR count). The number of halogens is 5. The summed E-state index contributed by atoms with van der Waals surface area (Å²) in [6.07, 6.45) is -3.80. The normalized spacial score (nSPS) is 22.6. The summed E-state index contributed by atoms with van der Waals surface area (Å²) in [7, 11) is 0. The Labute approximate surface area is 173 Å². The van der Waals surface area contributed by atoms with Gasteiger partial charge in [0.05, 0.1) is 24.0 Å². The van der Waals surface area contributed by atoms with E-state index in [0.29, 0.717) is 5.69 Å². The number of fused-ring (bicyclic) bond motifs is 3. The van der Waals surface area contributed by atoms with E-state index in [0.717, 1.165) is 12.3 Å². The molecule has 2 aliphatic rings. The largest absolute Gasteiger partial charge is 0.393 e. The number of carbonyl (C=O) groups is 1. The van der Waals surface area contributed by atoms with Gasteiger partial charge in [0.1, 0.15) is 11.4 Å². The molecule has 2 atom stereocenters. The predicted molar refractivity (Wildman–Crippen MR) is 98.2 cm³/mol. The van der Waals surface area contributed by atoms with Crippen LogP contribution < -0.4 is 5.32 Å². The van der Waals surface area contributed by atoms with E-state index in [9.17, 15) is 31.9 Å². The standard InChI is InChI=1S/C19H20F5N5O2/c1-9-6-13-11(16-19(23,24)7-10(30)3-5-29(16)27-13)8-28(9)18(31)26-12-2-4-25-15(14(12)20)17(21)22/h2,4,9-10,17,30H,3,5-8H2,1H3,(H,25,26,31). The van der Waals surface area contributed by atoms with E-state index in [1.165, 1.54) is 9.58 Å². The van der Waals surface area contributed by atoms with Crippen LogP contribution in [0.1, 0.15) is 48.8 Å². The van der Waals surface area contributed by atoms with Gasteiger partial charge in [-0.05, 0) is 19.4 Å². The maximum absolute atomic E-state index is 14.8. The van der Waals surface area contributed by atoms with E-state index in [2.05, 4.69) is 15.4 Å². The van der Waals surface area contributed by atoms with Crippen LogP contribution in [-0.2, 0) is 25.4 Å². The highest BCUT2D eigenvalue weighted by atomic mass is 19.3. The van der Waals surface area contributed by atoms with Crippen molar-refractivity contribution in [2.45, 2.75) is 63.8 Å². The van der Waals surface area contributed by atoms with Crippen LogP contribution in [0.5, 0.6) is 0 Å². The Bertz CT molecular complexity index is 1010. The highest BCUT2D eigenvalue weighted by Crippen LogP contribution is 2.41. The van der Waals surface area contributed by atoms with Crippen molar-refractivity contribution in [3.63, 3.8) is 0 Å². The zero-order valence-electron chi connectivity index (χ0n) is 16.5. The van der Waals surface area contributed by atoms with Gasteiger partial charge in [-0.15, -0.1) is 0 Å². The van der Waals surface area contributed by atoms with Gasteiger partial charge in [-0.3, -0.25) is 9.67 Å². The average molecular weight is 445 g/mol. The van der Waals surface area contributed by atoms with Crippen LogP contribution in [0.15, 0.2) is 12.3 Å². The first kappa shape index (κ1) is 21.5. The Morgan fingerprint density at radius 1 is 1.39 bits per heavy atom. The second kappa shape index (κ2) is 7.74. The molecule has 0 bridgehead atoms. The maximum atomic E-state index is 14.8. The number of aliphatic hydroxyl groups is 1. The van der Waals surface area contributed by atoms with E-state index in [1.807, 2.05) is 0 Å². The van der Waals surface area contributed by atoms with Crippen molar-refractivity contribution in [3.8, 4) is 0 Å². The SMILES string of the molecule is CC1Cc2nn3c(c2CN1C(=O)Nc1ccnc(C(F)F)c1F)C(F)(F)CC(O)CC3. The molecule has 2 aromatic rings. The minimum atomic E-state index is -3.33. The molecule has 0 saturated carbocycles. The molecule has 2 aliphatic heterocycles. The van der Waals surface area contributed by atoms with E-state index < -0.39 is 54.1 Å². The third-order valence-corrected chi connectivity index (χ3v) is 5.62. The van der Waals surface area contributed by atoms with Gasteiger partial charge >= 0.3 is 6.03 Å². The second-order valence-electron chi connectivity index (χ2n) is 7.82. The summed E-state index contributed by atoms with van der Waals surface area (Å²) >= 11 is 0. The Morgan fingerprint density at radius 3 is 2.84 bits per heavy atom. The quantitative estimate of drug-likeness (QED) is 0.693. The van der Waals surface area contributed by atoms with Gasteiger partial charge in [0, 0.05) is 37.2 Å². The van der Waals surface area contributed by atoms with Crippen LogP contribution in [0.25, 0.3) is 0 Å². The lowest BCUT2D eigenvalue weighted by atomic mass is 9.96. The van der Waals surface area contributed by atoms with Crippen molar-refractivity contribution < 1.29 is 31.9 Å². The summed E-state index contributed by atoms with van der Waals surface area (Å²) in [5.74, 6) is -4.68. The number of nitrogens with one attached hydrogen (secondary N) is 1. The van der Waals surface area contributed by atoms with Gasteiger partial charge in [-0.25, -0.2) is 18.0 Å². The summed E-state index contributed by atoms with van der Waals surface area (Å²) in [6, 6.07) is -0.230. The Kier molecular flexibility index (Phi) is 5.36. The van der Waals surface area contributed by atoms with Crippen LogP contribution in [0, 0.1) is 5.82 Å². The molecule has 2 aromatic heterocycles. The number of aliphatic hydroxyl groups excluding tert-OH is 1. The van der Waals surface area contributed by atoms with E-state index in [-0.39, 0.29) is 37.2 Å². The highest BCUT2D eigenvalue weighted by Gasteiger charge is 2.45. The van der Waals surface area contributed by atoms with Gasteiger partial charge in [0.2, 0.25) is 0 Å². The number of urea groups is 1. The zero-order chi connectivity index (χ0) is 22.5. The Hall–Kier alpha value is -2.76. The van der Waals surface area contributed by atoms with Crippen molar-refractivity contribution in [2.75, 3.05) is 5.32 Å². The van der Waals surface area contributed by atoms with Gasteiger partial charge in [0.25, 0.3) is 12.3 Å². The lowest BCUT2D eigenvalue weighted by molar-refractivity contribution is -0.0509. The first-order valence-electron chi connectivity index (χ1n) is 9.73. The molecule has 0 aromatic carbocycles. The summed E-state index contributed by atoms with van der Waals surface area (Å²) in [5, 5.41) is 16.3. The Balaban J connectivity index is 1.62. The lowest BCUT2D eigenvalue weighted by Gasteiger charge is -2.34. The molecular formula is C19H20F5N5O2. The topological polar surface area (TPSA) is 83.3 Å². The summed E-state index contributed by atoms with van der Waals surface area (Å²) in [4.78, 5) is 17.3. The molecule has 2 amide bonds. The third-order valence-electron chi connectivity index (χ3n) is 5.62. The van der Waals surface area contributed by atoms with Crippen LogP contribution in [-0.4, -0.2) is 42.9 Å². The number of anilines is 1. The number of aromatic nitrogens is 3. The van der Waals surface area contributed by atoms with Crippen molar-refractivity contribution in [3.05, 3.63) is 40.7 Å². The molecule has 0 saturated heterocycles. The third kappa shape index (κ3) is 3.84. The minimum Gasteiger partial charge on any atom is -0.393 e. The monoisotopic (exact) mass is 445 g/mol. The number of amides is 2. The molecule has 7 nitrogen and oxygen atoms in total. The molecule has 12 heteroatoms. The van der Waals surface area contributed by atoms with Gasteiger partial charge in [-0.2, -0.15) is 13.9 Å². The molecule has 0 spiro atoms. The van der Waals surface area contributed by atoms with Crippen LogP contribution in [0.3, 0.4) is 0 Å². The molecule has 0 aliphatic carbocycles. The fraction of sp³-hybridized carbons (Fsp3) is 0.526. The molecule has 31 heavy (non-hydrogen) atoms. The number of pyridine rings is 1. The molecule has 0 fully saturated rings. The van der Waals surface area contributed by atoms with Crippen molar-refractivity contribution in [1.29, 1.82) is 0 Å². The number of nitrogens with zero attached hydrogens (tertiary/aromatic N) is 4. The number of rotatable bonds is 2. The number of aryl methyl sites for hydroxylation is 1. The van der Waals surface area contributed by atoms with E-state index in [4.69, 9.17) is 0 Å².